The first kappa shape index (κ1) is 11.9. The lowest BCUT2D eigenvalue weighted by Crippen LogP contribution is -2.25. The third-order valence-corrected chi connectivity index (χ3v) is 3.60. The second-order valence-electron chi connectivity index (χ2n) is 3.96. The van der Waals surface area contributed by atoms with Gasteiger partial charge in [-0.1, -0.05) is 29.3 Å². The summed E-state index contributed by atoms with van der Waals surface area (Å²) in [5.41, 5.74) is 0.452. The molecule has 1 aliphatic carbocycles. The number of hydrogen-bond acceptors (Lipinski definition) is 2. The van der Waals surface area contributed by atoms with Crippen molar-refractivity contribution in [3.05, 3.63) is 33.8 Å². The fourth-order valence-electron chi connectivity index (χ4n) is 1.76. The van der Waals surface area contributed by atoms with Crippen LogP contribution in [0.15, 0.2) is 18.2 Å². The molecule has 0 amide bonds. The SMILES string of the molecule is COC(C(=O)c1cccc(Cl)c1Cl)C1CC1. The molecule has 0 radical (unpaired) electrons. The van der Waals surface area contributed by atoms with Crippen LogP contribution in [0.1, 0.15) is 23.2 Å². The van der Waals surface area contributed by atoms with Crippen LogP contribution in [0.25, 0.3) is 0 Å². The first-order valence-electron chi connectivity index (χ1n) is 5.16. The zero-order valence-corrected chi connectivity index (χ0v) is 10.4. The second kappa shape index (κ2) is 4.74. The number of benzene rings is 1. The predicted molar refractivity (Wildman–Crippen MR) is 64.3 cm³/mol. The summed E-state index contributed by atoms with van der Waals surface area (Å²) in [6.45, 7) is 0. The van der Waals surface area contributed by atoms with Crippen LogP contribution in [-0.4, -0.2) is 19.0 Å². The highest BCUT2D eigenvalue weighted by Gasteiger charge is 2.37. The van der Waals surface area contributed by atoms with Crippen LogP contribution in [-0.2, 0) is 4.74 Å². The van der Waals surface area contributed by atoms with Crippen molar-refractivity contribution in [1.82, 2.24) is 0 Å². The van der Waals surface area contributed by atoms with E-state index in [1.54, 1.807) is 25.3 Å². The molecule has 1 aromatic carbocycles. The molecule has 0 heterocycles. The topological polar surface area (TPSA) is 26.3 Å². The molecule has 0 saturated heterocycles. The number of Topliss-reactive ketones (excluding diaryl/α,β-unsaturated/α-hetero) is 1. The molecular weight excluding hydrogens is 247 g/mol. The summed E-state index contributed by atoms with van der Waals surface area (Å²) in [6, 6.07) is 5.08. The van der Waals surface area contributed by atoms with Crippen molar-refractivity contribution in [2.75, 3.05) is 7.11 Å². The van der Waals surface area contributed by atoms with Gasteiger partial charge in [0.25, 0.3) is 0 Å². The molecule has 1 fully saturated rings. The van der Waals surface area contributed by atoms with E-state index in [1.165, 1.54) is 0 Å². The van der Waals surface area contributed by atoms with Crippen LogP contribution in [0.5, 0.6) is 0 Å². The zero-order chi connectivity index (χ0) is 11.7. The molecule has 1 aliphatic rings. The number of ketones is 1. The van der Waals surface area contributed by atoms with E-state index in [0.717, 1.165) is 12.8 Å². The Morgan fingerprint density at radius 3 is 2.69 bits per heavy atom. The lowest BCUT2D eigenvalue weighted by Gasteiger charge is -2.14. The third-order valence-electron chi connectivity index (χ3n) is 2.78. The van der Waals surface area contributed by atoms with Crippen molar-refractivity contribution in [2.45, 2.75) is 18.9 Å². The highest BCUT2D eigenvalue weighted by molar-refractivity contribution is 6.44. The minimum absolute atomic E-state index is 0.0718. The molecule has 0 bridgehead atoms. The quantitative estimate of drug-likeness (QED) is 0.772. The summed E-state index contributed by atoms with van der Waals surface area (Å²) < 4.78 is 5.23. The van der Waals surface area contributed by atoms with Gasteiger partial charge in [-0.15, -0.1) is 0 Å². The minimum atomic E-state index is -0.379. The number of carbonyl (C=O) groups is 1. The van der Waals surface area contributed by atoms with E-state index in [-0.39, 0.29) is 11.9 Å². The molecule has 0 spiro atoms. The van der Waals surface area contributed by atoms with Crippen molar-refractivity contribution in [3.8, 4) is 0 Å². The minimum Gasteiger partial charge on any atom is -0.373 e. The van der Waals surface area contributed by atoms with E-state index in [4.69, 9.17) is 27.9 Å². The molecule has 86 valence electrons. The van der Waals surface area contributed by atoms with Crippen molar-refractivity contribution < 1.29 is 9.53 Å². The molecule has 0 N–H and O–H groups in total. The maximum absolute atomic E-state index is 12.2. The van der Waals surface area contributed by atoms with Gasteiger partial charge < -0.3 is 4.74 Å². The maximum atomic E-state index is 12.2. The molecule has 1 atom stereocenters. The molecule has 1 saturated carbocycles. The Bertz CT molecular complexity index is 413. The van der Waals surface area contributed by atoms with Crippen LogP contribution >= 0.6 is 23.2 Å². The van der Waals surface area contributed by atoms with Gasteiger partial charge in [0.15, 0.2) is 5.78 Å². The maximum Gasteiger partial charge on any atom is 0.193 e. The standard InChI is InChI=1S/C12H12Cl2O2/c1-16-12(7-5-6-7)11(15)8-3-2-4-9(13)10(8)14/h2-4,7,12H,5-6H2,1H3. The molecule has 2 rings (SSSR count). The molecule has 0 aromatic heterocycles. The van der Waals surface area contributed by atoms with E-state index in [0.29, 0.717) is 21.5 Å². The summed E-state index contributed by atoms with van der Waals surface area (Å²) in [4.78, 5) is 12.2. The summed E-state index contributed by atoms with van der Waals surface area (Å²) in [5, 5.41) is 0.718. The van der Waals surface area contributed by atoms with Crippen LogP contribution in [0.4, 0.5) is 0 Å². The number of ether oxygens (including phenoxy) is 1. The summed E-state index contributed by atoms with van der Waals surface area (Å²) >= 11 is 11.9. The van der Waals surface area contributed by atoms with Gasteiger partial charge in [-0.2, -0.15) is 0 Å². The van der Waals surface area contributed by atoms with Gasteiger partial charge in [0.1, 0.15) is 6.10 Å². The van der Waals surface area contributed by atoms with E-state index in [2.05, 4.69) is 0 Å². The van der Waals surface area contributed by atoms with E-state index >= 15 is 0 Å². The lowest BCUT2D eigenvalue weighted by atomic mass is 10.0. The highest BCUT2D eigenvalue weighted by Crippen LogP contribution is 2.37. The molecule has 4 heteroatoms. The van der Waals surface area contributed by atoms with Gasteiger partial charge in [0.05, 0.1) is 10.0 Å². The molecular formula is C12H12Cl2O2. The lowest BCUT2D eigenvalue weighted by molar-refractivity contribution is 0.0540. The average molecular weight is 259 g/mol. The fraction of sp³-hybridized carbons (Fsp3) is 0.417. The zero-order valence-electron chi connectivity index (χ0n) is 8.87. The predicted octanol–water partition coefficient (Wildman–Crippen LogP) is 3.60. The normalized spacial score (nSPS) is 17.2. The van der Waals surface area contributed by atoms with Crippen molar-refractivity contribution in [1.29, 1.82) is 0 Å². The van der Waals surface area contributed by atoms with Crippen molar-refractivity contribution >= 4 is 29.0 Å². The molecule has 16 heavy (non-hydrogen) atoms. The van der Waals surface area contributed by atoms with Gasteiger partial charge in [-0.25, -0.2) is 0 Å². The molecule has 1 unspecified atom stereocenters. The summed E-state index contributed by atoms with van der Waals surface area (Å²) in [7, 11) is 1.55. The number of methoxy groups -OCH3 is 1. The number of carbonyl (C=O) groups excluding carboxylic acids is 1. The van der Waals surface area contributed by atoms with Crippen molar-refractivity contribution in [2.24, 2.45) is 5.92 Å². The van der Waals surface area contributed by atoms with Gasteiger partial charge >= 0.3 is 0 Å². The second-order valence-corrected chi connectivity index (χ2v) is 4.74. The Morgan fingerprint density at radius 2 is 2.12 bits per heavy atom. The average Bonchev–Trinajstić information content (AvgIpc) is 3.07. The Hall–Kier alpha value is -0.570. The van der Waals surface area contributed by atoms with Crippen LogP contribution in [0.2, 0.25) is 10.0 Å². The smallest absolute Gasteiger partial charge is 0.193 e. The van der Waals surface area contributed by atoms with Gasteiger partial charge in [0.2, 0.25) is 0 Å². The van der Waals surface area contributed by atoms with E-state index in [1.807, 2.05) is 0 Å². The molecule has 2 nitrogen and oxygen atoms in total. The first-order chi connectivity index (χ1) is 7.65. The first-order valence-corrected chi connectivity index (χ1v) is 5.91. The van der Waals surface area contributed by atoms with Crippen molar-refractivity contribution in [3.63, 3.8) is 0 Å². The summed E-state index contributed by atoms with van der Waals surface area (Å²) in [6.07, 6.45) is 1.71. The van der Waals surface area contributed by atoms with Crippen LogP contribution < -0.4 is 0 Å². The largest absolute Gasteiger partial charge is 0.373 e. The Kier molecular flexibility index (Phi) is 3.53. The van der Waals surface area contributed by atoms with Gasteiger partial charge in [0, 0.05) is 12.7 Å². The molecule has 0 aliphatic heterocycles. The summed E-state index contributed by atoms with van der Waals surface area (Å²) in [5.74, 6) is 0.269. The number of rotatable bonds is 4. The Morgan fingerprint density at radius 1 is 1.44 bits per heavy atom. The van der Waals surface area contributed by atoms with Crippen LogP contribution in [0, 0.1) is 5.92 Å². The number of halogens is 2. The van der Waals surface area contributed by atoms with E-state index in [9.17, 15) is 4.79 Å². The molecule has 1 aromatic rings. The van der Waals surface area contributed by atoms with E-state index < -0.39 is 0 Å². The Labute approximate surface area is 104 Å². The van der Waals surface area contributed by atoms with Gasteiger partial charge in [-0.3, -0.25) is 4.79 Å². The third kappa shape index (κ3) is 2.24. The Balaban J connectivity index is 2.28. The monoisotopic (exact) mass is 258 g/mol. The fourth-order valence-corrected chi connectivity index (χ4v) is 2.15. The number of hydrogen-bond donors (Lipinski definition) is 0. The van der Waals surface area contributed by atoms with Crippen LogP contribution in [0.3, 0.4) is 0 Å². The highest BCUT2D eigenvalue weighted by atomic mass is 35.5. The van der Waals surface area contributed by atoms with Gasteiger partial charge in [-0.05, 0) is 30.9 Å².